The molecule has 0 radical (unpaired) electrons. The molecule has 0 atom stereocenters. The Morgan fingerprint density at radius 2 is 2.10 bits per heavy atom. The monoisotopic (exact) mass is 422 g/mol. The summed E-state index contributed by atoms with van der Waals surface area (Å²) in [5.41, 5.74) is -0.863. The first-order valence-corrected chi connectivity index (χ1v) is 8.80. The standard InChI is InChI=1S/C21H18N4O6/c1-24(10-6-4-8-15-7-3-5-9-23-15)21(28)16(13-22)19(26)14-11-17(25(29)30)20(27)18(12-14)31-2/h3,5,7,9,11-12,26-27H,8,10H2,1-2H3/b19-16-. The van der Waals surface area contributed by atoms with Gasteiger partial charge in [0.15, 0.2) is 11.3 Å². The molecule has 0 saturated heterocycles. The van der Waals surface area contributed by atoms with Crippen LogP contribution in [0.4, 0.5) is 5.69 Å². The van der Waals surface area contributed by atoms with Gasteiger partial charge in [0.1, 0.15) is 11.8 Å². The second-order valence-electron chi connectivity index (χ2n) is 6.15. The lowest BCUT2D eigenvalue weighted by atomic mass is 10.1. The van der Waals surface area contributed by atoms with Crippen LogP contribution in [0.2, 0.25) is 0 Å². The number of nitro benzene ring substituents is 1. The van der Waals surface area contributed by atoms with Crippen molar-refractivity contribution >= 4 is 17.4 Å². The van der Waals surface area contributed by atoms with Gasteiger partial charge in [-0.05, 0) is 18.2 Å². The molecule has 0 aliphatic heterocycles. The zero-order valence-electron chi connectivity index (χ0n) is 16.7. The lowest BCUT2D eigenvalue weighted by molar-refractivity contribution is -0.386. The number of methoxy groups -OCH3 is 1. The Bertz CT molecular complexity index is 1130. The van der Waals surface area contributed by atoms with E-state index in [-0.39, 0.29) is 17.9 Å². The molecule has 1 amide bonds. The maximum atomic E-state index is 12.6. The SMILES string of the molecule is COc1cc(/C(O)=C(\C#N)C(=O)N(C)CC#CCc2ccccn2)cc([N+](=O)[O-])c1O. The molecule has 0 bridgehead atoms. The van der Waals surface area contributed by atoms with Crippen molar-refractivity contribution in [3.05, 3.63) is 63.5 Å². The number of nitrogens with zero attached hydrogens (tertiary/aromatic N) is 4. The van der Waals surface area contributed by atoms with Crippen LogP contribution >= 0.6 is 0 Å². The number of likely N-dealkylation sites (N-methyl/N-ethyl adjacent to an activating group) is 1. The van der Waals surface area contributed by atoms with Crippen molar-refractivity contribution in [3.63, 3.8) is 0 Å². The second-order valence-corrected chi connectivity index (χ2v) is 6.15. The Morgan fingerprint density at radius 1 is 1.35 bits per heavy atom. The van der Waals surface area contributed by atoms with Crippen molar-refractivity contribution in [2.75, 3.05) is 20.7 Å². The molecule has 0 saturated carbocycles. The van der Waals surface area contributed by atoms with Gasteiger partial charge in [0.2, 0.25) is 5.75 Å². The minimum atomic E-state index is -0.883. The van der Waals surface area contributed by atoms with Crippen LogP contribution in [0.15, 0.2) is 42.1 Å². The van der Waals surface area contributed by atoms with Gasteiger partial charge in [-0.2, -0.15) is 5.26 Å². The number of aliphatic hydroxyl groups is 1. The number of ether oxygens (including phenoxy) is 1. The minimum absolute atomic E-state index is 0.0246. The highest BCUT2D eigenvalue weighted by molar-refractivity contribution is 6.03. The van der Waals surface area contributed by atoms with Crippen molar-refractivity contribution in [1.29, 1.82) is 5.26 Å². The number of aromatic nitrogens is 1. The molecular weight excluding hydrogens is 404 g/mol. The Balaban J connectivity index is 2.27. The molecule has 31 heavy (non-hydrogen) atoms. The maximum absolute atomic E-state index is 12.6. The van der Waals surface area contributed by atoms with Gasteiger partial charge in [-0.3, -0.25) is 19.9 Å². The highest BCUT2D eigenvalue weighted by Gasteiger charge is 2.25. The van der Waals surface area contributed by atoms with Crippen LogP contribution in [0, 0.1) is 33.3 Å². The van der Waals surface area contributed by atoms with Gasteiger partial charge in [0, 0.05) is 24.9 Å². The number of rotatable bonds is 6. The summed E-state index contributed by atoms with van der Waals surface area (Å²) in [6.45, 7) is -0.0246. The summed E-state index contributed by atoms with van der Waals surface area (Å²) in [6.07, 6.45) is 2.02. The predicted molar refractivity (Wildman–Crippen MR) is 110 cm³/mol. The molecule has 0 fully saturated rings. The number of hydrogen-bond acceptors (Lipinski definition) is 8. The molecule has 2 rings (SSSR count). The van der Waals surface area contributed by atoms with Gasteiger partial charge < -0.3 is 19.8 Å². The second kappa shape index (κ2) is 10.3. The lowest BCUT2D eigenvalue weighted by Crippen LogP contribution is -2.28. The molecule has 10 heteroatoms. The Kier molecular flexibility index (Phi) is 7.53. The van der Waals surface area contributed by atoms with Gasteiger partial charge in [-0.15, -0.1) is 0 Å². The molecule has 0 spiro atoms. The molecule has 10 nitrogen and oxygen atoms in total. The maximum Gasteiger partial charge on any atom is 0.315 e. The van der Waals surface area contributed by atoms with E-state index in [4.69, 9.17) is 4.74 Å². The number of carbonyl (C=O) groups excluding carboxylic acids is 1. The molecule has 2 N–H and O–H groups in total. The quantitative estimate of drug-likeness (QED) is 0.180. The fraction of sp³-hybridized carbons (Fsp3) is 0.190. The highest BCUT2D eigenvalue weighted by Crippen LogP contribution is 2.38. The number of nitro groups is 1. The molecular formula is C21H18N4O6. The number of nitriles is 1. The number of aliphatic hydroxyl groups excluding tert-OH is 1. The molecule has 1 aromatic carbocycles. The number of amides is 1. The summed E-state index contributed by atoms with van der Waals surface area (Å²) >= 11 is 0. The largest absolute Gasteiger partial charge is 0.506 e. The molecule has 158 valence electrons. The number of phenols is 1. The van der Waals surface area contributed by atoms with E-state index in [1.165, 1.54) is 7.05 Å². The summed E-state index contributed by atoms with van der Waals surface area (Å²) < 4.78 is 4.86. The van der Waals surface area contributed by atoms with Crippen molar-refractivity contribution in [1.82, 2.24) is 9.88 Å². The Morgan fingerprint density at radius 3 is 2.68 bits per heavy atom. The van der Waals surface area contributed by atoms with Crippen LogP contribution in [0.3, 0.4) is 0 Å². The Labute approximate surface area is 177 Å². The average molecular weight is 422 g/mol. The van der Waals surface area contributed by atoms with Gasteiger partial charge in [0.05, 0.1) is 30.7 Å². The predicted octanol–water partition coefficient (Wildman–Crippen LogP) is 2.20. The van der Waals surface area contributed by atoms with Gasteiger partial charge in [-0.25, -0.2) is 0 Å². The van der Waals surface area contributed by atoms with Gasteiger partial charge in [0.25, 0.3) is 5.91 Å². The van der Waals surface area contributed by atoms with Crippen molar-refractivity contribution in [3.8, 4) is 29.4 Å². The van der Waals surface area contributed by atoms with Gasteiger partial charge >= 0.3 is 5.69 Å². The third-order valence-electron chi connectivity index (χ3n) is 4.09. The minimum Gasteiger partial charge on any atom is -0.506 e. The smallest absolute Gasteiger partial charge is 0.315 e. The van der Waals surface area contributed by atoms with Crippen LogP contribution in [0.25, 0.3) is 5.76 Å². The van der Waals surface area contributed by atoms with E-state index in [1.54, 1.807) is 18.3 Å². The number of pyridine rings is 1. The van der Waals surface area contributed by atoms with E-state index in [2.05, 4.69) is 16.8 Å². The summed E-state index contributed by atoms with van der Waals surface area (Å²) in [4.78, 5) is 28.1. The van der Waals surface area contributed by atoms with Crippen LogP contribution < -0.4 is 4.74 Å². The number of aromatic hydroxyl groups is 1. The van der Waals surface area contributed by atoms with Crippen molar-refractivity contribution < 1.29 is 24.7 Å². The van der Waals surface area contributed by atoms with Crippen LogP contribution in [0.5, 0.6) is 11.5 Å². The number of hydrogen-bond donors (Lipinski definition) is 2. The van der Waals surface area contributed by atoms with E-state index in [9.17, 15) is 30.4 Å². The first-order chi connectivity index (χ1) is 14.8. The number of carbonyl (C=O) groups is 1. The summed E-state index contributed by atoms with van der Waals surface area (Å²) in [5, 5.41) is 40.8. The van der Waals surface area contributed by atoms with Gasteiger partial charge in [-0.1, -0.05) is 17.9 Å². The van der Waals surface area contributed by atoms with E-state index in [1.807, 2.05) is 12.1 Å². The normalized spacial score (nSPS) is 10.7. The number of phenolic OH excluding ortho intramolecular Hbond substituents is 1. The molecule has 0 aliphatic carbocycles. The van der Waals surface area contributed by atoms with E-state index >= 15 is 0 Å². The lowest BCUT2D eigenvalue weighted by Gasteiger charge is -2.14. The van der Waals surface area contributed by atoms with E-state index in [0.29, 0.717) is 6.42 Å². The molecule has 2 aromatic rings. The molecule has 1 heterocycles. The fourth-order valence-corrected chi connectivity index (χ4v) is 2.46. The zero-order valence-corrected chi connectivity index (χ0v) is 16.7. The third-order valence-corrected chi connectivity index (χ3v) is 4.09. The summed E-state index contributed by atoms with van der Waals surface area (Å²) in [5.74, 6) is 2.98. The third kappa shape index (κ3) is 5.49. The topological polar surface area (TPSA) is 150 Å². The average Bonchev–Trinajstić information content (AvgIpc) is 2.77. The van der Waals surface area contributed by atoms with Crippen LogP contribution in [0.1, 0.15) is 11.3 Å². The molecule has 0 unspecified atom stereocenters. The van der Waals surface area contributed by atoms with Crippen LogP contribution in [-0.4, -0.2) is 51.6 Å². The Hall–Kier alpha value is -4.57. The zero-order chi connectivity index (χ0) is 23.0. The number of benzene rings is 1. The van der Waals surface area contributed by atoms with E-state index < -0.39 is 33.6 Å². The molecule has 0 aliphatic rings. The van der Waals surface area contributed by atoms with Crippen molar-refractivity contribution in [2.45, 2.75) is 6.42 Å². The summed E-state index contributed by atoms with van der Waals surface area (Å²) in [6, 6.07) is 8.94. The van der Waals surface area contributed by atoms with Crippen molar-refractivity contribution in [2.24, 2.45) is 0 Å². The highest BCUT2D eigenvalue weighted by atomic mass is 16.6. The fourth-order valence-electron chi connectivity index (χ4n) is 2.46. The molecule has 1 aromatic heterocycles. The van der Waals surface area contributed by atoms with Crippen LogP contribution in [-0.2, 0) is 11.2 Å². The first-order valence-electron chi connectivity index (χ1n) is 8.80. The van der Waals surface area contributed by atoms with E-state index in [0.717, 1.165) is 29.8 Å². The summed E-state index contributed by atoms with van der Waals surface area (Å²) in [7, 11) is 2.55. The first kappa shape index (κ1) is 22.7.